The summed E-state index contributed by atoms with van der Waals surface area (Å²) in [5, 5.41) is 8.92. The molecule has 1 aromatic rings. The van der Waals surface area contributed by atoms with Crippen LogP contribution in [-0.4, -0.2) is 25.8 Å². The van der Waals surface area contributed by atoms with E-state index in [-0.39, 0.29) is 23.0 Å². The van der Waals surface area contributed by atoms with Gasteiger partial charge in [-0.25, -0.2) is 8.42 Å². The largest absolute Gasteiger partial charge is 0.399 e. The maximum absolute atomic E-state index is 12.5. The Labute approximate surface area is 118 Å². The van der Waals surface area contributed by atoms with Crippen LogP contribution in [0.25, 0.3) is 0 Å². The Hall–Kier alpha value is -1.29. The summed E-state index contributed by atoms with van der Waals surface area (Å²) in [6.07, 6.45) is 0. The molecule has 5 nitrogen and oxygen atoms in total. The number of hydrogen-bond acceptors (Lipinski definition) is 4. The van der Waals surface area contributed by atoms with Gasteiger partial charge in [0.25, 0.3) is 0 Å². The van der Waals surface area contributed by atoms with Crippen LogP contribution in [0.1, 0.15) is 13.8 Å². The van der Waals surface area contributed by atoms with Gasteiger partial charge in [0.2, 0.25) is 10.0 Å². The normalized spacial score (nSPS) is 13.2. The number of hydrogen-bond donors (Lipinski definition) is 1. The third kappa shape index (κ3) is 3.60. The van der Waals surface area contributed by atoms with E-state index in [4.69, 9.17) is 22.6 Å². The SMILES string of the molecule is CCN(CC(C)C#N)S(=O)(=O)c1cc(N)ccc1Cl. The first-order valence-corrected chi connectivity index (χ1v) is 7.59. The van der Waals surface area contributed by atoms with E-state index >= 15 is 0 Å². The highest BCUT2D eigenvalue weighted by Crippen LogP contribution is 2.27. The van der Waals surface area contributed by atoms with Gasteiger partial charge in [0.05, 0.1) is 17.0 Å². The van der Waals surface area contributed by atoms with Gasteiger partial charge in [-0.1, -0.05) is 18.5 Å². The van der Waals surface area contributed by atoms with Crippen molar-refractivity contribution < 1.29 is 8.42 Å². The Bertz CT molecular complexity index is 595. The molecule has 104 valence electrons. The molecule has 7 heteroatoms. The highest BCUT2D eigenvalue weighted by atomic mass is 35.5. The van der Waals surface area contributed by atoms with Crippen LogP contribution >= 0.6 is 11.6 Å². The van der Waals surface area contributed by atoms with Crippen molar-refractivity contribution in [1.29, 1.82) is 5.26 Å². The summed E-state index contributed by atoms with van der Waals surface area (Å²) in [6.45, 7) is 3.76. The Morgan fingerprint density at radius 2 is 2.16 bits per heavy atom. The van der Waals surface area contributed by atoms with Gasteiger partial charge in [-0.05, 0) is 25.1 Å². The van der Waals surface area contributed by atoms with Crippen molar-refractivity contribution in [3.63, 3.8) is 0 Å². The molecule has 2 N–H and O–H groups in total. The van der Waals surface area contributed by atoms with Crippen LogP contribution < -0.4 is 5.73 Å². The van der Waals surface area contributed by atoms with E-state index in [2.05, 4.69) is 0 Å². The summed E-state index contributed by atoms with van der Waals surface area (Å²) in [6, 6.07) is 6.33. The van der Waals surface area contributed by atoms with Gasteiger partial charge in [-0.2, -0.15) is 9.57 Å². The van der Waals surface area contributed by atoms with Gasteiger partial charge in [0.15, 0.2) is 0 Å². The summed E-state index contributed by atoms with van der Waals surface area (Å²) in [5.41, 5.74) is 5.93. The number of nitrogen functional groups attached to an aromatic ring is 1. The smallest absolute Gasteiger partial charge is 0.244 e. The van der Waals surface area contributed by atoms with Crippen molar-refractivity contribution in [2.24, 2.45) is 5.92 Å². The van der Waals surface area contributed by atoms with Crippen molar-refractivity contribution in [2.45, 2.75) is 18.7 Å². The average molecular weight is 302 g/mol. The molecule has 0 aliphatic carbocycles. The minimum Gasteiger partial charge on any atom is -0.399 e. The molecule has 1 atom stereocenters. The summed E-state index contributed by atoms with van der Waals surface area (Å²) >= 11 is 5.93. The Morgan fingerprint density at radius 1 is 1.53 bits per heavy atom. The molecule has 0 fully saturated rings. The molecule has 0 amide bonds. The van der Waals surface area contributed by atoms with Crippen molar-refractivity contribution in [3.8, 4) is 6.07 Å². The summed E-state index contributed by atoms with van der Waals surface area (Å²) in [7, 11) is -3.74. The zero-order valence-electron chi connectivity index (χ0n) is 10.8. The second kappa shape index (κ2) is 6.24. The second-order valence-corrected chi connectivity index (χ2v) is 6.49. The highest BCUT2D eigenvalue weighted by Gasteiger charge is 2.27. The van der Waals surface area contributed by atoms with Crippen LogP contribution in [0, 0.1) is 17.2 Å². The van der Waals surface area contributed by atoms with Crippen LogP contribution in [0.4, 0.5) is 5.69 Å². The highest BCUT2D eigenvalue weighted by molar-refractivity contribution is 7.89. The zero-order valence-corrected chi connectivity index (χ0v) is 12.4. The third-order valence-corrected chi connectivity index (χ3v) is 5.05. The van der Waals surface area contributed by atoms with Crippen molar-refractivity contribution in [1.82, 2.24) is 4.31 Å². The topological polar surface area (TPSA) is 87.2 Å². The second-order valence-electron chi connectivity index (χ2n) is 4.18. The Balaban J connectivity index is 3.21. The fourth-order valence-electron chi connectivity index (χ4n) is 1.60. The first-order chi connectivity index (χ1) is 8.82. The van der Waals surface area contributed by atoms with E-state index < -0.39 is 15.9 Å². The molecule has 1 unspecified atom stereocenters. The first-order valence-electron chi connectivity index (χ1n) is 5.77. The molecule has 0 bridgehead atoms. The maximum atomic E-state index is 12.5. The van der Waals surface area contributed by atoms with Crippen molar-refractivity contribution >= 4 is 27.3 Å². The standard InChI is InChI=1S/C12H16ClN3O2S/c1-3-16(8-9(2)7-14)19(17,18)12-6-10(15)4-5-11(12)13/h4-6,9H,3,8,15H2,1-2H3. The quantitative estimate of drug-likeness (QED) is 0.844. The van der Waals surface area contributed by atoms with Gasteiger partial charge in [-0.3, -0.25) is 0 Å². The fourth-order valence-corrected chi connectivity index (χ4v) is 3.65. The van der Waals surface area contributed by atoms with Gasteiger partial charge in [0, 0.05) is 18.8 Å². The average Bonchev–Trinajstić information content (AvgIpc) is 2.37. The summed E-state index contributed by atoms with van der Waals surface area (Å²) < 4.78 is 26.2. The lowest BCUT2D eigenvalue weighted by Gasteiger charge is -2.22. The minimum absolute atomic E-state index is 0.0267. The molecule has 0 radical (unpaired) electrons. The van der Waals surface area contributed by atoms with Gasteiger partial charge < -0.3 is 5.73 Å². The lowest BCUT2D eigenvalue weighted by atomic mass is 10.2. The predicted molar refractivity (Wildman–Crippen MR) is 75.1 cm³/mol. The molecule has 0 heterocycles. The Morgan fingerprint density at radius 3 is 2.68 bits per heavy atom. The van der Waals surface area contributed by atoms with Gasteiger partial charge in [-0.15, -0.1) is 0 Å². The molecule has 1 aromatic carbocycles. The number of nitrogens with zero attached hydrogens (tertiary/aromatic N) is 2. The third-order valence-electron chi connectivity index (χ3n) is 2.62. The lowest BCUT2D eigenvalue weighted by Crippen LogP contribution is -2.34. The number of nitrogens with two attached hydrogens (primary N) is 1. The number of benzene rings is 1. The molecule has 0 spiro atoms. The monoisotopic (exact) mass is 301 g/mol. The maximum Gasteiger partial charge on any atom is 0.244 e. The minimum atomic E-state index is -3.74. The van der Waals surface area contributed by atoms with Crippen molar-refractivity contribution in [3.05, 3.63) is 23.2 Å². The van der Waals surface area contributed by atoms with Crippen LogP contribution in [0.3, 0.4) is 0 Å². The predicted octanol–water partition coefficient (Wildman–Crippen LogP) is 2.09. The molecular weight excluding hydrogens is 286 g/mol. The number of nitriles is 1. The van der Waals surface area contributed by atoms with E-state index in [1.54, 1.807) is 13.8 Å². The van der Waals surface area contributed by atoms with Crippen LogP contribution in [-0.2, 0) is 10.0 Å². The van der Waals surface area contributed by atoms with Crippen LogP contribution in [0.5, 0.6) is 0 Å². The number of halogens is 1. The molecule has 0 saturated heterocycles. The van der Waals surface area contributed by atoms with Crippen LogP contribution in [0.15, 0.2) is 23.1 Å². The van der Waals surface area contributed by atoms with E-state index in [9.17, 15) is 8.42 Å². The molecule has 1 rings (SSSR count). The van der Waals surface area contributed by atoms with Gasteiger partial charge >= 0.3 is 0 Å². The first kappa shape index (κ1) is 15.8. The number of anilines is 1. The fraction of sp³-hybridized carbons (Fsp3) is 0.417. The summed E-state index contributed by atoms with van der Waals surface area (Å²) in [5.74, 6) is -0.394. The molecule has 0 aliphatic heterocycles. The lowest BCUT2D eigenvalue weighted by molar-refractivity contribution is 0.400. The Kier molecular flexibility index (Phi) is 5.18. The summed E-state index contributed by atoms with van der Waals surface area (Å²) in [4.78, 5) is -0.0267. The zero-order chi connectivity index (χ0) is 14.6. The molecule has 0 saturated carbocycles. The van der Waals surface area contributed by atoms with E-state index in [1.807, 2.05) is 6.07 Å². The number of rotatable bonds is 5. The molecular formula is C12H16ClN3O2S. The van der Waals surface area contributed by atoms with Gasteiger partial charge in [0.1, 0.15) is 4.90 Å². The number of sulfonamides is 1. The van der Waals surface area contributed by atoms with E-state index in [0.717, 1.165) is 0 Å². The molecule has 0 aliphatic rings. The van der Waals surface area contributed by atoms with Crippen LogP contribution in [0.2, 0.25) is 5.02 Å². The van der Waals surface area contributed by atoms with E-state index in [0.29, 0.717) is 5.69 Å². The van der Waals surface area contributed by atoms with E-state index in [1.165, 1.54) is 22.5 Å². The van der Waals surface area contributed by atoms with Crippen molar-refractivity contribution in [2.75, 3.05) is 18.8 Å². The molecule has 19 heavy (non-hydrogen) atoms. The molecule has 0 aromatic heterocycles.